The lowest BCUT2D eigenvalue weighted by Gasteiger charge is -2.07. The Morgan fingerprint density at radius 2 is 1.86 bits per heavy atom. The third kappa shape index (κ3) is 1.16. The summed E-state index contributed by atoms with van der Waals surface area (Å²) in [5, 5.41) is 0. The SMILES string of the molecule is C[CH]N1CCCC1. The Balaban J connectivity index is 2.14. The van der Waals surface area contributed by atoms with Crippen LogP contribution in [-0.2, 0) is 0 Å². The van der Waals surface area contributed by atoms with Gasteiger partial charge in [-0.2, -0.15) is 0 Å². The van der Waals surface area contributed by atoms with E-state index in [1.54, 1.807) is 0 Å². The van der Waals surface area contributed by atoms with E-state index in [4.69, 9.17) is 0 Å². The molecule has 0 saturated carbocycles. The molecule has 0 spiro atoms. The number of hydrogen-bond donors (Lipinski definition) is 0. The fraction of sp³-hybridized carbons (Fsp3) is 0.833. The van der Waals surface area contributed by atoms with Gasteiger partial charge in [-0.15, -0.1) is 0 Å². The Hall–Kier alpha value is -0.0400. The quantitative estimate of drug-likeness (QED) is 0.477. The fourth-order valence-corrected chi connectivity index (χ4v) is 1.000. The van der Waals surface area contributed by atoms with Crippen LogP contribution < -0.4 is 0 Å². The van der Waals surface area contributed by atoms with E-state index in [1.165, 1.54) is 25.9 Å². The zero-order valence-electron chi connectivity index (χ0n) is 4.85. The first kappa shape index (κ1) is 5.10. The molecule has 1 aliphatic rings. The lowest BCUT2D eigenvalue weighted by Crippen LogP contribution is -2.12. The fourth-order valence-electron chi connectivity index (χ4n) is 1.000. The van der Waals surface area contributed by atoms with Crippen molar-refractivity contribution in [3.8, 4) is 0 Å². The summed E-state index contributed by atoms with van der Waals surface area (Å²) in [6.07, 6.45) is 2.79. The molecule has 0 aliphatic carbocycles. The summed E-state index contributed by atoms with van der Waals surface area (Å²) in [5.41, 5.74) is 0. The van der Waals surface area contributed by atoms with Crippen LogP contribution in [-0.4, -0.2) is 18.0 Å². The normalized spacial score (nSPS) is 23.6. The summed E-state index contributed by atoms with van der Waals surface area (Å²) >= 11 is 0. The van der Waals surface area contributed by atoms with Crippen molar-refractivity contribution in [3.05, 3.63) is 6.54 Å². The summed E-state index contributed by atoms with van der Waals surface area (Å²) in [6.45, 7) is 6.85. The van der Waals surface area contributed by atoms with Crippen molar-refractivity contribution in [1.29, 1.82) is 0 Å². The predicted molar refractivity (Wildman–Crippen MR) is 30.8 cm³/mol. The van der Waals surface area contributed by atoms with Crippen LogP contribution in [0.3, 0.4) is 0 Å². The third-order valence-electron chi connectivity index (χ3n) is 1.51. The minimum Gasteiger partial charge on any atom is -0.299 e. The van der Waals surface area contributed by atoms with E-state index in [0.717, 1.165) is 0 Å². The Kier molecular flexibility index (Phi) is 1.69. The summed E-state index contributed by atoms with van der Waals surface area (Å²) in [5.74, 6) is 0. The first-order chi connectivity index (χ1) is 3.43. The van der Waals surface area contributed by atoms with Gasteiger partial charge >= 0.3 is 0 Å². The summed E-state index contributed by atoms with van der Waals surface area (Å²) in [4.78, 5) is 2.36. The first-order valence-electron chi connectivity index (χ1n) is 2.97. The average molecular weight is 98.2 g/mol. The molecule has 0 amide bonds. The van der Waals surface area contributed by atoms with E-state index in [9.17, 15) is 0 Å². The maximum atomic E-state index is 2.36. The summed E-state index contributed by atoms with van der Waals surface area (Å²) in [6, 6.07) is 0. The number of likely N-dealkylation sites (tertiary alicyclic amines) is 1. The maximum absolute atomic E-state index is 2.36. The van der Waals surface area contributed by atoms with E-state index >= 15 is 0 Å². The molecule has 0 N–H and O–H groups in total. The molecule has 0 atom stereocenters. The van der Waals surface area contributed by atoms with Crippen LogP contribution >= 0.6 is 0 Å². The van der Waals surface area contributed by atoms with Gasteiger partial charge < -0.3 is 0 Å². The Morgan fingerprint density at radius 3 is 2.14 bits per heavy atom. The lowest BCUT2D eigenvalue weighted by molar-refractivity contribution is 0.419. The standard InChI is InChI=1S/C6H12N/c1-2-7-5-3-4-6-7/h2H,3-6H2,1H3. The zero-order valence-corrected chi connectivity index (χ0v) is 4.85. The number of nitrogens with zero attached hydrogens (tertiary/aromatic N) is 1. The van der Waals surface area contributed by atoms with Crippen molar-refractivity contribution in [1.82, 2.24) is 4.90 Å². The third-order valence-corrected chi connectivity index (χ3v) is 1.51. The molecule has 0 bridgehead atoms. The van der Waals surface area contributed by atoms with Crippen LogP contribution in [0.4, 0.5) is 0 Å². The molecule has 1 heteroatoms. The molecule has 1 fully saturated rings. The monoisotopic (exact) mass is 98.1 g/mol. The van der Waals surface area contributed by atoms with E-state index in [1.807, 2.05) is 0 Å². The summed E-state index contributed by atoms with van der Waals surface area (Å²) < 4.78 is 0. The van der Waals surface area contributed by atoms with Gasteiger partial charge in [0.15, 0.2) is 0 Å². The molecule has 1 heterocycles. The number of rotatable bonds is 1. The van der Waals surface area contributed by atoms with Gasteiger partial charge in [0.1, 0.15) is 0 Å². The van der Waals surface area contributed by atoms with E-state index in [-0.39, 0.29) is 0 Å². The molecule has 1 saturated heterocycles. The molecule has 7 heavy (non-hydrogen) atoms. The van der Waals surface area contributed by atoms with Crippen molar-refractivity contribution in [2.45, 2.75) is 19.8 Å². The Bertz CT molecular complexity index is 46.1. The molecule has 0 unspecified atom stereocenters. The van der Waals surface area contributed by atoms with Gasteiger partial charge in [-0.1, -0.05) is 0 Å². The van der Waals surface area contributed by atoms with Crippen LogP contribution in [0.15, 0.2) is 0 Å². The van der Waals surface area contributed by atoms with Crippen LogP contribution in [0, 0.1) is 6.54 Å². The smallest absolute Gasteiger partial charge is 0.0220 e. The second-order valence-corrected chi connectivity index (χ2v) is 2.00. The molecule has 1 rings (SSSR count). The maximum Gasteiger partial charge on any atom is 0.0220 e. The zero-order chi connectivity index (χ0) is 5.11. The van der Waals surface area contributed by atoms with Crippen LogP contribution in [0.5, 0.6) is 0 Å². The van der Waals surface area contributed by atoms with Crippen molar-refractivity contribution in [2.75, 3.05) is 13.1 Å². The molecule has 1 nitrogen and oxygen atoms in total. The lowest BCUT2D eigenvalue weighted by atomic mass is 10.4. The number of hydrogen-bond acceptors (Lipinski definition) is 1. The van der Waals surface area contributed by atoms with Gasteiger partial charge in [0, 0.05) is 6.54 Å². The minimum atomic E-state index is 1.29. The Morgan fingerprint density at radius 1 is 1.29 bits per heavy atom. The second kappa shape index (κ2) is 2.31. The summed E-state index contributed by atoms with van der Waals surface area (Å²) in [7, 11) is 0. The highest BCUT2D eigenvalue weighted by atomic mass is 15.1. The Labute approximate surface area is 45.3 Å². The predicted octanol–water partition coefficient (Wildman–Crippen LogP) is 1.26. The molecule has 1 aliphatic heterocycles. The topological polar surface area (TPSA) is 3.24 Å². The van der Waals surface area contributed by atoms with Crippen molar-refractivity contribution >= 4 is 0 Å². The van der Waals surface area contributed by atoms with Gasteiger partial charge in [-0.25, -0.2) is 0 Å². The molecular weight excluding hydrogens is 86.1 g/mol. The molecule has 0 aromatic heterocycles. The molecular formula is C6H12N. The first-order valence-corrected chi connectivity index (χ1v) is 2.97. The van der Waals surface area contributed by atoms with Crippen molar-refractivity contribution < 1.29 is 0 Å². The van der Waals surface area contributed by atoms with Crippen LogP contribution in [0.25, 0.3) is 0 Å². The molecule has 0 aromatic carbocycles. The van der Waals surface area contributed by atoms with E-state index in [0.29, 0.717) is 0 Å². The highest BCUT2D eigenvalue weighted by Crippen LogP contribution is 2.07. The van der Waals surface area contributed by atoms with Gasteiger partial charge in [-0.3, -0.25) is 4.90 Å². The molecule has 41 valence electrons. The molecule has 1 radical (unpaired) electrons. The average Bonchev–Trinajstić information content (AvgIpc) is 2.14. The van der Waals surface area contributed by atoms with Crippen molar-refractivity contribution in [3.63, 3.8) is 0 Å². The molecule has 0 aromatic rings. The van der Waals surface area contributed by atoms with E-state index in [2.05, 4.69) is 18.4 Å². The largest absolute Gasteiger partial charge is 0.299 e. The van der Waals surface area contributed by atoms with Crippen LogP contribution in [0.2, 0.25) is 0 Å². The van der Waals surface area contributed by atoms with Crippen molar-refractivity contribution in [2.24, 2.45) is 0 Å². The highest BCUT2D eigenvalue weighted by Gasteiger charge is 2.07. The van der Waals surface area contributed by atoms with Crippen LogP contribution in [0.1, 0.15) is 19.8 Å². The van der Waals surface area contributed by atoms with Gasteiger partial charge in [0.25, 0.3) is 0 Å². The second-order valence-electron chi connectivity index (χ2n) is 2.00. The van der Waals surface area contributed by atoms with Gasteiger partial charge in [0.05, 0.1) is 0 Å². The minimum absolute atomic E-state index is 1.29. The van der Waals surface area contributed by atoms with Gasteiger partial charge in [0.2, 0.25) is 0 Å². The van der Waals surface area contributed by atoms with E-state index < -0.39 is 0 Å². The highest BCUT2D eigenvalue weighted by molar-refractivity contribution is 4.69. The van der Waals surface area contributed by atoms with Gasteiger partial charge in [-0.05, 0) is 32.9 Å².